The van der Waals surface area contributed by atoms with Crippen LogP contribution in [0.25, 0.3) is 16.9 Å². The van der Waals surface area contributed by atoms with Gasteiger partial charge in [-0.15, -0.1) is 0 Å². The van der Waals surface area contributed by atoms with E-state index in [4.69, 9.17) is 0 Å². The minimum Gasteiger partial charge on any atom is -0.313 e. The highest BCUT2D eigenvalue weighted by Crippen LogP contribution is 2.24. The molecule has 23 heavy (non-hydrogen) atoms. The van der Waals surface area contributed by atoms with E-state index in [-0.39, 0.29) is 5.69 Å². The van der Waals surface area contributed by atoms with Crippen LogP contribution in [0.1, 0.15) is 0 Å². The van der Waals surface area contributed by atoms with E-state index in [9.17, 15) is 14.9 Å². The molecule has 8 heteroatoms. The van der Waals surface area contributed by atoms with Crippen LogP contribution in [-0.4, -0.2) is 26.1 Å². The molecule has 3 aromatic rings. The Labute approximate surface area is 130 Å². The largest absolute Gasteiger partial charge is 0.313 e. The molecule has 0 aliphatic heterocycles. The predicted molar refractivity (Wildman–Crippen MR) is 83.1 cm³/mol. The van der Waals surface area contributed by atoms with Gasteiger partial charge in [0.2, 0.25) is 6.41 Å². The third kappa shape index (κ3) is 2.91. The van der Waals surface area contributed by atoms with E-state index >= 15 is 0 Å². The molecule has 0 saturated carbocycles. The Morgan fingerprint density at radius 2 is 2.00 bits per heavy atom. The first-order valence-corrected chi connectivity index (χ1v) is 6.64. The van der Waals surface area contributed by atoms with Crippen molar-refractivity contribution in [1.82, 2.24) is 14.8 Å². The number of hydrogen-bond acceptors (Lipinski definition) is 5. The summed E-state index contributed by atoms with van der Waals surface area (Å²) in [5.74, 6) is 0.452. The SMILES string of the molecule is O=CNc1cc(-c2cccnc2)nn1-c1ccc([N+](=O)[O-])cc1. The summed E-state index contributed by atoms with van der Waals surface area (Å²) in [6.45, 7) is 0. The van der Waals surface area contributed by atoms with Crippen LogP contribution in [0.5, 0.6) is 0 Å². The van der Waals surface area contributed by atoms with Crippen molar-refractivity contribution >= 4 is 17.9 Å². The van der Waals surface area contributed by atoms with Crippen LogP contribution < -0.4 is 5.32 Å². The van der Waals surface area contributed by atoms with Crippen molar-refractivity contribution < 1.29 is 9.72 Å². The van der Waals surface area contributed by atoms with E-state index in [1.54, 1.807) is 36.7 Å². The molecule has 0 saturated heterocycles. The number of benzene rings is 1. The normalized spacial score (nSPS) is 10.3. The second-order valence-electron chi connectivity index (χ2n) is 4.60. The van der Waals surface area contributed by atoms with Crippen LogP contribution in [0.3, 0.4) is 0 Å². The van der Waals surface area contributed by atoms with E-state index in [0.717, 1.165) is 5.56 Å². The summed E-state index contributed by atoms with van der Waals surface area (Å²) in [6.07, 6.45) is 3.86. The van der Waals surface area contributed by atoms with E-state index in [0.29, 0.717) is 23.6 Å². The van der Waals surface area contributed by atoms with Gasteiger partial charge in [-0.25, -0.2) is 4.68 Å². The molecule has 2 aromatic heterocycles. The summed E-state index contributed by atoms with van der Waals surface area (Å²) in [4.78, 5) is 25.1. The maximum atomic E-state index is 10.8. The van der Waals surface area contributed by atoms with Gasteiger partial charge in [0.25, 0.3) is 5.69 Å². The first kappa shape index (κ1) is 14.4. The van der Waals surface area contributed by atoms with Gasteiger partial charge in [0.05, 0.1) is 16.3 Å². The first-order valence-electron chi connectivity index (χ1n) is 6.64. The predicted octanol–water partition coefficient (Wildman–Crippen LogP) is 2.41. The maximum absolute atomic E-state index is 10.8. The second kappa shape index (κ2) is 6.06. The lowest BCUT2D eigenvalue weighted by Gasteiger charge is -2.05. The molecule has 1 N–H and O–H groups in total. The minimum absolute atomic E-state index is 0.0155. The van der Waals surface area contributed by atoms with Crippen LogP contribution in [0.15, 0.2) is 54.9 Å². The first-order chi connectivity index (χ1) is 11.2. The quantitative estimate of drug-likeness (QED) is 0.443. The zero-order valence-electron chi connectivity index (χ0n) is 11.8. The number of nitrogens with one attached hydrogen (secondary N) is 1. The van der Waals surface area contributed by atoms with Gasteiger partial charge in [-0.1, -0.05) is 0 Å². The average Bonchev–Trinajstić information content (AvgIpc) is 3.00. The summed E-state index contributed by atoms with van der Waals surface area (Å²) < 4.78 is 1.50. The van der Waals surface area contributed by atoms with E-state index in [1.807, 2.05) is 6.07 Å². The van der Waals surface area contributed by atoms with Gasteiger partial charge in [-0.3, -0.25) is 19.9 Å². The monoisotopic (exact) mass is 309 g/mol. The molecule has 8 nitrogen and oxygen atoms in total. The zero-order chi connectivity index (χ0) is 16.2. The molecule has 0 radical (unpaired) electrons. The number of hydrogen-bond donors (Lipinski definition) is 1. The molecule has 0 atom stereocenters. The van der Waals surface area contributed by atoms with Crippen LogP contribution in [0.4, 0.5) is 11.5 Å². The molecule has 3 rings (SSSR count). The highest BCUT2D eigenvalue weighted by Gasteiger charge is 2.12. The number of nitro benzene ring substituents is 1. The van der Waals surface area contributed by atoms with Gasteiger partial charge >= 0.3 is 0 Å². The Morgan fingerprint density at radius 1 is 1.22 bits per heavy atom. The van der Waals surface area contributed by atoms with Gasteiger partial charge in [0.15, 0.2) is 0 Å². The molecule has 114 valence electrons. The fraction of sp³-hybridized carbons (Fsp3) is 0. The molecule has 0 aliphatic rings. The van der Waals surface area contributed by atoms with Crippen LogP contribution >= 0.6 is 0 Å². The maximum Gasteiger partial charge on any atom is 0.269 e. The number of amides is 1. The van der Waals surface area contributed by atoms with Crippen molar-refractivity contribution in [2.75, 3.05) is 5.32 Å². The molecule has 2 heterocycles. The number of pyridine rings is 1. The Bertz CT molecular complexity index is 843. The zero-order valence-corrected chi connectivity index (χ0v) is 11.8. The van der Waals surface area contributed by atoms with Gasteiger partial charge < -0.3 is 5.32 Å². The Morgan fingerprint density at radius 3 is 2.61 bits per heavy atom. The molecule has 1 amide bonds. The smallest absolute Gasteiger partial charge is 0.269 e. The standard InChI is InChI=1S/C15H11N5O3/c21-10-17-15-8-14(11-2-1-7-16-9-11)18-19(15)12-3-5-13(6-4-12)20(22)23/h1-10H,(H,17,21). The highest BCUT2D eigenvalue weighted by molar-refractivity contribution is 5.74. The molecule has 0 fully saturated rings. The summed E-state index contributed by atoms with van der Waals surface area (Å²) in [5.41, 5.74) is 2.00. The number of carbonyl (C=O) groups excluding carboxylic acids is 1. The van der Waals surface area contributed by atoms with Crippen LogP contribution in [0, 0.1) is 10.1 Å². The van der Waals surface area contributed by atoms with Crippen molar-refractivity contribution in [2.45, 2.75) is 0 Å². The number of carbonyl (C=O) groups is 1. The number of non-ortho nitro benzene ring substituents is 1. The lowest BCUT2D eigenvalue weighted by atomic mass is 10.2. The Balaban J connectivity index is 2.05. The van der Waals surface area contributed by atoms with Crippen molar-refractivity contribution in [2.24, 2.45) is 0 Å². The Kier molecular flexibility index (Phi) is 3.79. The second-order valence-corrected chi connectivity index (χ2v) is 4.60. The minimum atomic E-state index is -0.474. The summed E-state index contributed by atoms with van der Waals surface area (Å²) in [5, 5.41) is 17.7. The van der Waals surface area contributed by atoms with Gasteiger partial charge in [0.1, 0.15) is 5.82 Å². The van der Waals surface area contributed by atoms with E-state index in [1.165, 1.54) is 16.8 Å². The third-order valence-corrected chi connectivity index (χ3v) is 3.18. The highest BCUT2D eigenvalue weighted by atomic mass is 16.6. The number of aromatic nitrogens is 3. The molecular weight excluding hydrogens is 298 g/mol. The fourth-order valence-electron chi connectivity index (χ4n) is 2.11. The van der Waals surface area contributed by atoms with Crippen LogP contribution in [-0.2, 0) is 4.79 Å². The average molecular weight is 309 g/mol. The van der Waals surface area contributed by atoms with Gasteiger partial charge in [0, 0.05) is 36.2 Å². The molecule has 0 spiro atoms. The molecule has 0 aliphatic carbocycles. The van der Waals surface area contributed by atoms with E-state index < -0.39 is 4.92 Å². The molecule has 0 unspecified atom stereocenters. The molecule has 0 bridgehead atoms. The Hall–Kier alpha value is -3.55. The topological polar surface area (TPSA) is 103 Å². The number of nitro groups is 1. The van der Waals surface area contributed by atoms with Crippen LogP contribution in [0.2, 0.25) is 0 Å². The van der Waals surface area contributed by atoms with Crippen molar-refractivity contribution in [3.8, 4) is 16.9 Å². The summed E-state index contributed by atoms with van der Waals surface area (Å²) in [7, 11) is 0. The summed E-state index contributed by atoms with van der Waals surface area (Å²) in [6, 6.07) is 11.2. The third-order valence-electron chi connectivity index (χ3n) is 3.18. The fourth-order valence-corrected chi connectivity index (χ4v) is 2.11. The lowest BCUT2D eigenvalue weighted by molar-refractivity contribution is -0.384. The van der Waals surface area contributed by atoms with Gasteiger partial charge in [-0.2, -0.15) is 5.10 Å². The summed E-state index contributed by atoms with van der Waals surface area (Å²) >= 11 is 0. The molecular formula is C15H11N5O3. The number of nitrogens with zero attached hydrogens (tertiary/aromatic N) is 4. The van der Waals surface area contributed by atoms with Crippen molar-refractivity contribution in [3.63, 3.8) is 0 Å². The lowest BCUT2D eigenvalue weighted by Crippen LogP contribution is -2.04. The van der Waals surface area contributed by atoms with Crippen molar-refractivity contribution in [3.05, 3.63) is 65.0 Å². The number of rotatable bonds is 5. The molecule has 1 aromatic carbocycles. The van der Waals surface area contributed by atoms with Gasteiger partial charge in [-0.05, 0) is 24.3 Å². The van der Waals surface area contributed by atoms with E-state index in [2.05, 4.69) is 15.4 Å². The van der Waals surface area contributed by atoms with Crippen molar-refractivity contribution in [1.29, 1.82) is 0 Å². The number of anilines is 1.